The summed E-state index contributed by atoms with van der Waals surface area (Å²) in [6.07, 6.45) is 3.46. The molecule has 1 heterocycles. The van der Waals surface area contributed by atoms with E-state index in [0.29, 0.717) is 5.56 Å². The fraction of sp³-hybridized carbons (Fsp3) is 0.250. The van der Waals surface area contributed by atoms with Crippen molar-refractivity contribution in [3.63, 3.8) is 0 Å². The molecule has 0 saturated carbocycles. The fourth-order valence-electron chi connectivity index (χ4n) is 2.08. The quantitative estimate of drug-likeness (QED) is 0.782. The second kappa shape index (κ2) is 5.65. The molecule has 2 rings (SSSR count). The van der Waals surface area contributed by atoms with Gasteiger partial charge >= 0.3 is 0 Å². The van der Waals surface area contributed by atoms with Gasteiger partial charge in [0.2, 0.25) is 0 Å². The molecule has 0 fully saturated rings. The van der Waals surface area contributed by atoms with Gasteiger partial charge in [-0.15, -0.1) is 0 Å². The van der Waals surface area contributed by atoms with Crippen molar-refractivity contribution < 1.29 is 4.79 Å². The van der Waals surface area contributed by atoms with E-state index < -0.39 is 0 Å². The molecule has 2 aromatic rings. The Hall–Kier alpha value is -2.16. The molecular weight excluding hydrogens is 236 g/mol. The number of aromatic nitrogens is 1. The summed E-state index contributed by atoms with van der Waals surface area (Å²) in [5, 5.41) is 0. The number of nitrogens with zero attached hydrogens (tertiary/aromatic N) is 2. The number of hydrogen-bond donors (Lipinski definition) is 0. The SMILES string of the molecule is CCc1ccc(N(C)c2ncc(C=O)cc2C)cc1. The highest BCUT2D eigenvalue weighted by atomic mass is 16.1. The molecule has 0 N–H and O–H groups in total. The van der Waals surface area contributed by atoms with Crippen LogP contribution in [0.2, 0.25) is 0 Å². The third-order valence-electron chi connectivity index (χ3n) is 3.26. The van der Waals surface area contributed by atoms with Crippen molar-refractivity contribution >= 4 is 17.8 Å². The third kappa shape index (κ3) is 2.81. The first-order valence-electron chi connectivity index (χ1n) is 6.40. The van der Waals surface area contributed by atoms with Crippen LogP contribution < -0.4 is 4.90 Å². The normalized spacial score (nSPS) is 10.3. The van der Waals surface area contributed by atoms with Gasteiger partial charge in [0, 0.05) is 24.5 Å². The van der Waals surface area contributed by atoms with Gasteiger partial charge < -0.3 is 4.90 Å². The topological polar surface area (TPSA) is 33.2 Å². The molecule has 0 saturated heterocycles. The first-order chi connectivity index (χ1) is 9.15. The number of hydrogen-bond acceptors (Lipinski definition) is 3. The zero-order valence-electron chi connectivity index (χ0n) is 11.6. The lowest BCUT2D eigenvalue weighted by Gasteiger charge is -2.20. The number of pyridine rings is 1. The molecule has 0 radical (unpaired) electrons. The van der Waals surface area contributed by atoms with Gasteiger partial charge in [0.25, 0.3) is 0 Å². The van der Waals surface area contributed by atoms with Crippen molar-refractivity contribution in [2.24, 2.45) is 0 Å². The highest BCUT2D eigenvalue weighted by molar-refractivity contribution is 5.76. The summed E-state index contributed by atoms with van der Waals surface area (Å²) in [4.78, 5) is 17.1. The monoisotopic (exact) mass is 254 g/mol. The van der Waals surface area contributed by atoms with E-state index in [4.69, 9.17) is 0 Å². The van der Waals surface area contributed by atoms with Crippen LogP contribution >= 0.6 is 0 Å². The average molecular weight is 254 g/mol. The number of rotatable bonds is 4. The lowest BCUT2D eigenvalue weighted by atomic mass is 10.1. The fourth-order valence-corrected chi connectivity index (χ4v) is 2.08. The highest BCUT2D eigenvalue weighted by Crippen LogP contribution is 2.25. The first-order valence-corrected chi connectivity index (χ1v) is 6.40. The molecule has 98 valence electrons. The molecule has 0 unspecified atom stereocenters. The predicted molar refractivity (Wildman–Crippen MR) is 78.2 cm³/mol. The van der Waals surface area contributed by atoms with E-state index in [-0.39, 0.29) is 0 Å². The van der Waals surface area contributed by atoms with E-state index in [1.807, 2.05) is 24.9 Å². The van der Waals surface area contributed by atoms with Crippen molar-refractivity contribution in [2.75, 3.05) is 11.9 Å². The highest BCUT2D eigenvalue weighted by Gasteiger charge is 2.09. The van der Waals surface area contributed by atoms with Crippen LogP contribution in [-0.4, -0.2) is 18.3 Å². The van der Waals surface area contributed by atoms with Gasteiger partial charge in [0.05, 0.1) is 0 Å². The van der Waals surface area contributed by atoms with E-state index in [1.54, 1.807) is 6.20 Å². The maximum Gasteiger partial charge on any atom is 0.151 e. The Labute approximate surface area is 113 Å². The second-order valence-corrected chi connectivity index (χ2v) is 4.61. The lowest BCUT2D eigenvalue weighted by Crippen LogP contribution is -2.13. The molecule has 3 heteroatoms. The minimum Gasteiger partial charge on any atom is -0.329 e. The Kier molecular flexibility index (Phi) is 3.95. The maximum atomic E-state index is 10.7. The second-order valence-electron chi connectivity index (χ2n) is 4.61. The minimum absolute atomic E-state index is 0.607. The zero-order chi connectivity index (χ0) is 13.8. The van der Waals surface area contributed by atoms with Crippen LogP contribution in [0.4, 0.5) is 11.5 Å². The van der Waals surface area contributed by atoms with Crippen molar-refractivity contribution in [1.82, 2.24) is 4.98 Å². The Balaban J connectivity index is 2.32. The Morgan fingerprint density at radius 2 is 1.95 bits per heavy atom. The smallest absolute Gasteiger partial charge is 0.151 e. The summed E-state index contributed by atoms with van der Waals surface area (Å²) in [7, 11) is 1.98. The van der Waals surface area contributed by atoms with Crippen molar-refractivity contribution in [1.29, 1.82) is 0 Å². The van der Waals surface area contributed by atoms with Crippen molar-refractivity contribution in [2.45, 2.75) is 20.3 Å². The number of benzene rings is 1. The van der Waals surface area contributed by atoms with Gasteiger partial charge in [-0.2, -0.15) is 0 Å². The molecule has 19 heavy (non-hydrogen) atoms. The number of anilines is 2. The van der Waals surface area contributed by atoms with Gasteiger partial charge in [-0.25, -0.2) is 4.98 Å². The van der Waals surface area contributed by atoms with Crippen LogP contribution in [0, 0.1) is 6.92 Å². The summed E-state index contributed by atoms with van der Waals surface area (Å²) in [5.74, 6) is 0.870. The number of aldehydes is 1. The van der Waals surface area contributed by atoms with Gasteiger partial charge in [0.15, 0.2) is 6.29 Å². The largest absolute Gasteiger partial charge is 0.329 e. The van der Waals surface area contributed by atoms with Crippen LogP contribution in [0.15, 0.2) is 36.5 Å². The van der Waals surface area contributed by atoms with E-state index in [1.165, 1.54) is 5.56 Å². The Morgan fingerprint density at radius 3 is 2.47 bits per heavy atom. The number of carbonyl (C=O) groups is 1. The van der Waals surface area contributed by atoms with Gasteiger partial charge in [-0.1, -0.05) is 19.1 Å². The number of aryl methyl sites for hydroxylation is 2. The van der Waals surface area contributed by atoms with Gasteiger partial charge in [-0.3, -0.25) is 4.79 Å². The molecule has 1 aromatic carbocycles. The van der Waals surface area contributed by atoms with E-state index >= 15 is 0 Å². The maximum absolute atomic E-state index is 10.7. The summed E-state index contributed by atoms with van der Waals surface area (Å²) in [6.45, 7) is 4.11. The molecule has 0 aliphatic carbocycles. The Bertz CT molecular complexity index is 576. The molecule has 3 nitrogen and oxygen atoms in total. The summed E-state index contributed by atoms with van der Waals surface area (Å²) in [5.41, 5.74) is 4.01. The number of carbonyl (C=O) groups excluding carboxylic acids is 1. The lowest BCUT2D eigenvalue weighted by molar-refractivity contribution is 0.112. The summed E-state index contributed by atoms with van der Waals surface area (Å²) >= 11 is 0. The summed E-state index contributed by atoms with van der Waals surface area (Å²) in [6, 6.07) is 10.3. The third-order valence-corrected chi connectivity index (χ3v) is 3.26. The molecule has 1 aromatic heterocycles. The van der Waals surface area contributed by atoms with Crippen LogP contribution in [0.5, 0.6) is 0 Å². The molecule has 0 amide bonds. The van der Waals surface area contributed by atoms with Crippen LogP contribution in [0.25, 0.3) is 0 Å². The van der Waals surface area contributed by atoms with Crippen LogP contribution in [0.1, 0.15) is 28.4 Å². The minimum atomic E-state index is 0.607. The zero-order valence-corrected chi connectivity index (χ0v) is 11.6. The van der Waals surface area contributed by atoms with E-state index in [0.717, 1.165) is 29.8 Å². The molecule has 0 spiro atoms. The first kappa shape index (κ1) is 13.3. The van der Waals surface area contributed by atoms with Crippen LogP contribution in [0.3, 0.4) is 0 Å². The molecule has 0 aliphatic heterocycles. The van der Waals surface area contributed by atoms with Crippen molar-refractivity contribution in [3.8, 4) is 0 Å². The van der Waals surface area contributed by atoms with Crippen LogP contribution in [-0.2, 0) is 6.42 Å². The molecule has 0 atom stereocenters. The summed E-state index contributed by atoms with van der Waals surface area (Å²) < 4.78 is 0. The van der Waals surface area contributed by atoms with E-state index in [9.17, 15) is 4.79 Å². The van der Waals surface area contributed by atoms with Gasteiger partial charge in [0.1, 0.15) is 5.82 Å². The van der Waals surface area contributed by atoms with Gasteiger partial charge in [-0.05, 0) is 42.7 Å². The molecule has 0 aliphatic rings. The standard InChI is InChI=1S/C16H18N2O/c1-4-13-5-7-15(8-6-13)18(3)16-12(2)9-14(11-19)10-17-16/h5-11H,4H2,1-3H3. The predicted octanol–water partition coefficient (Wildman–Crippen LogP) is 3.53. The van der Waals surface area contributed by atoms with Crippen molar-refractivity contribution in [3.05, 3.63) is 53.2 Å². The molecular formula is C16H18N2O. The Morgan fingerprint density at radius 1 is 1.26 bits per heavy atom. The average Bonchev–Trinajstić information content (AvgIpc) is 2.46. The molecule has 0 bridgehead atoms. The van der Waals surface area contributed by atoms with E-state index in [2.05, 4.69) is 36.2 Å².